The molecule has 0 saturated carbocycles. The number of ether oxygens (including phenoxy) is 2. The van der Waals surface area contributed by atoms with Gasteiger partial charge < -0.3 is 25.0 Å². The van der Waals surface area contributed by atoms with Gasteiger partial charge in [0, 0.05) is 29.5 Å². The van der Waals surface area contributed by atoms with E-state index in [-0.39, 0.29) is 22.2 Å². The number of carbonyl (C=O) groups is 3. The van der Waals surface area contributed by atoms with E-state index in [0.29, 0.717) is 22.7 Å². The summed E-state index contributed by atoms with van der Waals surface area (Å²) in [5.74, 6) is -1.54. The number of sulfone groups is 1. The molecular weight excluding hydrogens is 971 g/mol. The van der Waals surface area contributed by atoms with E-state index in [2.05, 4.69) is 65.8 Å². The molecule has 0 bridgehead atoms. The molecule has 2 N–H and O–H groups in total. The van der Waals surface area contributed by atoms with Crippen molar-refractivity contribution in [1.82, 2.24) is 10.6 Å². The molecule has 73 heavy (non-hydrogen) atoms. The van der Waals surface area contributed by atoms with Gasteiger partial charge in [-0.15, -0.1) is 23.5 Å². The third-order valence-electron chi connectivity index (χ3n) is 13.1. The fourth-order valence-corrected chi connectivity index (χ4v) is 13.9. The van der Waals surface area contributed by atoms with E-state index in [1.165, 1.54) is 23.5 Å². The zero-order valence-electron chi connectivity index (χ0n) is 42.8. The van der Waals surface area contributed by atoms with Crippen molar-refractivity contribution in [1.29, 1.82) is 0 Å². The Morgan fingerprint density at radius 3 is 1.71 bits per heavy atom. The van der Waals surface area contributed by atoms with Crippen LogP contribution in [0.15, 0.2) is 174 Å². The van der Waals surface area contributed by atoms with Crippen LogP contribution in [0.25, 0.3) is 0 Å². The Hall–Kier alpha value is -6.02. The predicted octanol–water partition coefficient (Wildman–Crippen LogP) is 12.5. The van der Waals surface area contributed by atoms with Crippen molar-refractivity contribution in [3.63, 3.8) is 0 Å². The number of rotatable bonds is 22. The van der Waals surface area contributed by atoms with Crippen molar-refractivity contribution < 1.29 is 32.3 Å². The van der Waals surface area contributed by atoms with Crippen LogP contribution in [0.5, 0.6) is 5.75 Å². The van der Waals surface area contributed by atoms with Crippen molar-refractivity contribution in [2.24, 2.45) is 5.41 Å². The van der Waals surface area contributed by atoms with Crippen LogP contribution in [-0.4, -0.2) is 68.8 Å². The minimum Gasteiger partial charge on any atom is -0.483 e. The molecule has 13 heteroatoms. The molecule has 2 amide bonds. The molecular formula is C60H69N3O7S3. The van der Waals surface area contributed by atoms with Crippen LogP contribution in [0.3, 0.4) is 0 Å². The highest BCUT2D eigenvalue weighted by molar-refractivity contribution is 8.00. The molecule has 6 aromatic rings. The zero-order chi connectivity index (χ0) is 52.1. The van der Waals surface area contributed by atoms with Crippen LogP contribution in [0, 0.1) is 5.41 Å². The van der Waals surface area contributed by atoms with Gasteiger partial charge in [0.25, 0.3) is 5.91 Å². The molecule has 0 fully saturated rings. The predicted molar refractivity (Wildman–Crippen MR) is 297 cm³/mol. The molecule has 1 unspecified atom stereocenters. The molecule has 0 saturated heterocycles. The minimum absolute atomic E-state index is 0.00269. The van der Waals surface area contributed by atoms with E-state index >= 15 is 0 Å². The Morgan fingerprint density at radius 2 is 1.22 bits per heavy atom. The van der Waals surface area contributed by atoms with E-state index in [1.54, 1.807) is 51.1 Å². The summed E-state index contributed by atoms with van der Waals surface area (Å²) >= 11 is 2.90. The zero-order valence-corrected chi connectivity index (χ0v) is 45.3. The third kappa shape index (κ3) is 13.6. The average Bonchev–Trinajstić information content (AvgIpc) is 3.49. The minimum atomic E-state index is -3.86. The number of thioether (sulfide) groups is 2. The summed E-state index contributed by atoms with van der Waals surface area (Å²) in [5.41, 5.74) is 3.56. The van der Waals surface area contributed by atoms with E-state index in [1.807, 2.05) is 103 Å². The Balaban J connectivity index is 1.18. The van der Waals surface area contributed by atoms with Crippen molar-refractivity contribution in [3.8, 4) is 5.75 Å². The van der Waals surface area contributed by atoms with Gasteiger partial charge in [-0.2, -0.15) is 0 Å². The molecule has 7 rings (SSSR count). The molecule has 0 spiro atoms. The summed E-state index contributed by atoms with van der Waals surface area (Å²) in [4.78, 5) is 46.3. The largest absolute Gasteiger partial charge is 0.483 e. The number of anilines is 2. The van der Waals surface area contributed by atoms with Gasteiger partial charge in [-0.05, 0) is 80.3 Å². The normalized spacial score (nSPS) is 15.0. The fourth-order valence-electron chi connectivity index (χ4n) is 9.64. The van der Waals surface area contributed by atoms with Gasteiger partial charge >= 0.3 is 5.97 Å². The van der Waals surface area contributed by atoms with Crippen LogP contribution in [-0.2, 0) is 33.7 Å². The molecule has 1 aliphatic rings. The number of hydrogen-bond donors (Lipinski definition) is 2. The Kier molecular flexibility index (Phi) is 18.6. The van der Waals surface area contributed by atoms with E-state index in [4.69, 9.17) is 9.47 Å². The standard InChI is InChI=1S/C60H69N3O7S3/c1-7-9-36-59(37-10-8-2)42-63(48-34-24-15-25-35-48)50-38-52(71-6)51(39-53(50)73(67,68)43-59)69-40-54(64)62-55(44-26-16-11-17-27-44)56(65)61-49(57(66)70-58(3,4)5)41-72-60(45-28-18-12-19-29-45,46-30-20-13-21-31-46)47-32-22-14-23-33-47/h11-35,38-39,49,55H,7-10,36-37,40-43H2,1-6H3,(H,61,65)(H,62,64)/t49?,55-/m1/s1. The highest BCUT2D eigenvalue weighted by Crippen LogP contribution is 2.50. The molecule has 1 heterocycles. The maximum Gasteiger partial charge on any atom is 0.330 e. The number of fused-ring (bicyclic) bond motifs is 1. The number of nitrogens with one attached hydrogen (secondary N) is 2. The quantitative estimate of drug-likeness (QED) is 0.0385. The molecule has 2 atom stereocenters. The van der Waals surface area contributed by atoms with E-state index < -0.39 is 62.1 Å². The van der Waals surface area contributed by atoms with E-state index in [9.17, 15) is 22.8 Å². The second-order valence-electron chi connectivity index (χ2n) is 19.7. The van der Waals surface area contributed by atoms with Crippen LogP contribution in [0.1, 0.15) is 101 Å². The molecule has 0 aromatic heterocycles. The monoisotopic (exact) mass is 1040 g/mol. The second-order valence-corrected chi connectivity index (χ2v) is 23.8. The molecule has 10 nitrogen and oxygen atoms in total. The SMILES string of the molecule is CCCCC1(CCCC)CN(c2ccccc2)c2cc(SC)c(OCC(=O)N[C@@H](C(=O)NC(CSC(c3ccccc3)(c3ccccc3)c3ccccc3)C(=O)OC(C)(C)C)c3ccccc3)cc2S(=O)(=O)C1. The summed E-state index contributed by atoms with van der Waals surface area (Å²) in [7, 11) is -3.86. The van der Waals surface area contributed by atoms with Gasteiger partial charge in [-0.1, -0.05) is 179 Å². The van der Waals surface area contributed by atoms with Crippen LogP contribution in [0.2, 0.25) is 0 Å². The number of hydrogen-bond acceptors (Lipinski definition) is 10. The molecule has 0 aliphatic carbocycles. The maximum atomic E-state index is 14.8. The number of unbranched alkanes of at least 4 members (excludes halogenated alkanes) is 2. The Labute approximate surface area is 441 Å². The van der Waals surface area contributed by atoms with Gasteiger partial charge in [-0.25, -0.2) is 13.2 Å². The van der Waals surface area contributed by atoms with Crippen molar-refractivity contribution in [2.45, 2.75) is 105 Å². The van der Waals surface area contributed by atoms with Crippen molar-refractivity contribution in [3.05, 3.63) is 186 Å². The van der Waals surface area contributed by atoms with Gasteiger partial charge in [0.1, 0.15) is 23.4 Å². The van der Waals surface area contributed by atoms with Crippen molar-refractivity contribution >= 4 is 62.5 Å². The lowest BCUT2D eigenvalue weighted by molar-refractivity contribution is -0.158. The summed E-state index contributed by atoms with van der Waals surface area (Å²) in [5, 5.41) is 5.88. The van der Waals surface area contributed by atoms with Crippen molar-refractivity contribution in [2.75, 3.05) is 35.8 Å². The smallest absolute Gasteiger partial charge is 0.330 e. The van der Waals surface area contributed by atoms with Crippen LogP contribution >= 0.6 is 23.5 Å². The topological polar surface area (TPSA) is 131 Å². The van der Waals surface area contributed by atoms with Gasteiger partial charge in [-0.3, -0.25) is 9.59 Å². The fraction of sp³-hybridized carbons (Fsp3) is 0.350. The lowest BCUT2D eigenvalue weighted by atomic mass is 9.79. The summed E-state index contributed by atoms with van der Waals surface area (Å²) in [6.45, 7) is 9.63. The first-order valence-corrected chi connectivity index (χ1v) is 29.1. The molecule has 0 radical (unpaired) electrons. The van der Waals surface area contributed by atoms with Crippen LogP contribution in [0.4, 0.5) is 11.4 Å². The summed E-state index contributed by atoms with van der Waals surface area (Å²) in [6.07, 6.45) is 7.19. The summed E-state index contributed by atoms with van der Waals surface area (Å²) in [6, 6.07) is 50.0. The first kappa shape index (κ1) is 54.7. The maximum absolute atomic E-state index is 14.8. The number of amides is 2. The van der Waals surface area contributed by atoms with Gasteiger partial charge in [0.2, 0.25) is 5.91 Å². The van der Waals surface area contributed by atoms with Gasteiger partial charge in [0.05, 0.1) is 26.0 Å². The first-order valence-electron chi connectivity index (χ1n) is 25.2. The number of benzene rings is 6. The number of esters is 1. The molecule has 384 valence electrons. The average molecular weight is 1040 g/mol. The summed E-state index contributed by atoms with van der Waals surface area (Å²) < 4.78 is 41.0. The molecule has 6 aromatic carbocycles. The second kappa shape index (κ2) is 24.8. The highest BCUT2D eigenvalue weighted by Gasteiger charge is 2.43. The lowest BCUT2D eigenvalue weighted by Crippen LogP contribution is -2.51. The number of para-hydroxylation sites is 1. The Morgan fingerprint density at radius 1 is 0.712 bits per heavy atom. The number of nitrogens with zero attached hydrogens (tertiary/aromatic N) is 1. The number of carbonyl (C=O) groups excluding carboxylic acids is 3. The van der Waals surface area contributed by atoms with Crippen LogP contribution < -0.4 is 20.3 Å². The Bertz CT molecular complexity index is 2760. The van der Waals surface area contributed by atoms with E-state index in [0.717, 1.165) is 60.9 Å². The van der Waals surface area contributed by atoms with Gasteiger partial charge in [0.15, 0.2) is 16.4 Å². The lowest BCUT2D eigenvalue weighted by Gasteiger charge is -2.37. The highest BCUT2D eigenvalue weighted by atomic mass is 32.2. The first-order chi connectivity index (χ1) is 35.1. The molecule has 1 aliphatic heterocycles. The third-order valence-corrected chi connectivity index (χ3v) is 17.5.